The summed E-state index contributed by atoms with van der Waals surface area (Å²) < 4.78 is 0. The molecule has 0 aromatic heterocycles. The Morgan fingerprint density at radius 1 is 1.00 bits per heavy atom. The monoisotopic (exact) mass is 280 g/mol. The average Bonchev–Trinajstić information content (AvgIpc) is 2.43. The maximum Gasteiger partial charge on any atom is 0.00501 e. The minimum atomic E-state index is 0.571. The second-order valence-corrected chi connectivity index (χ2v) is 7.51. The topological polar surface area (TPSA) is 15.3 Å². The van der Waals surface area contributed by atoms with Crippen molar-refractivity contribution in [2.45, 2.75) is 71.6 Å². The van der Waals surface area contributed by atoms with Gasteiger partial charge in [0.25, 0.3) is 0 Å². The van der Waals surface area contributed by atoms with Gasteiger partial charge in [0.05, 0.1) is 0 Å². The molecule has 1 aliphatic carbocycles. The number of likely N-dealkylation sites (tertiary alicyclic amines) is 1. The molecule has 1 saturated heterocycles. The molecule has 1 aliphatic heterocycles. The first-order valence-corrected chi connectivity index (χ1v) is 9.17. The zero-order valence-corrected chi connectivity index (χ0v) is 13.9. The molecule has 2 fully saturated rings. The molecule has 1 N–H and O–H groups in total. The van der Waals surface area contributed by atoms with Crippen LogP contribution in [-0.4, -0.2) is 37.6 Å². The van der Waals surface area contributed by atoms with Crippen molar-refractivity contribution in [3.05, 3.63) is 0 Å². The predicted molar refractivity (Wildman–Crippen MR) is 88.1 cm³/mol. The van der Waals surface area contributed by atoms with E-state index in [2.05, 4.69) is 24.1 Å². The summed E-state index contributed by atoms with van der Waals surface area (Å²) in [5.74, 6) is 0.956. The minimum absolute atomic E-state index is 0.571. The van der Waals surface area contributed by atoms with Crippen molar-refractivity contribution < 1.29 is 0 Å². The van der Waals surface area contributed by atoms with E-state index in [1.807, 2.05) is 0 Å². The molecule has 118 valence electrons. The van der Waals surface area contributed by atoms with Gasteiger partial charge >= 0.3 is 0 Å². The summed E-state index contributed by atoms with van der Waals surface area (Å²) >= 11 is 0. The van der Waals surface area contributed by atoms with Gasteiger partial charge in [-0.05, 0) is 56.7 Å². The van der Waals surface area contributed by atoms with E-state index in [1.54, 1.807) is 0 Å². The molecule has 0 amide bonds. The Labute approximate surface area is 126 Å². The highest BCUT2D eigenvalue weighted by atomic mass is 15.1. The molecule has 1 saturated carbocycles. The van der Waals surface area contributed by atoms with Crippen LogP contribution >= 0.6 is 0 Å². The number of nitrogens with one attached hydrogen (secondary N) is 1. The molecule has 0 unspecified atom stereocenters. The van der Waals surface area contributed by atoms with Crippen LogP contribution in [0.5, 0.6) is 0 Å². The van der Waals surface area contributed by atoms with Gasteiger partial charge in [0.2, 0.25) is 0 Å². The van der Waals surface area contributed by atoms with Gasteiger partial charge in [0.1, 0.15) is 0 Å². The third-order valence-electron chi connectivity index (χ3n) is 5.59. The van der Waals surface area contributed by atoms with Gasteiger partial charge in [0, 0.05) is 13.1 Å². The van der Waals surface area contributed by atoms with E-state index in [-0.39, 0.29) is 0 Å². The van der Waals surface area contributed by atoms with Gasteiger partial charge in [-0.2, -0.15) is 0 Å². The summed E-state index contributed by atoms with van der Waals surface area (Å²) in [4.78, 5) is 2.80. The summed E-state index contributed by atoms with van der Waals surface area (Å²) in [6, 6.07) is 0. The smallest absolute Gasteiger partial charge is 0.00501 e. The van der Waals surface area contributed by atoms with Gasteiger partial charge < -0.3 is 10.2 Å². The van der Waals surface area contributed by atoms with Gasteiger partial charge in [-0.3, -0.25) is 0 Å². The molecule has 0 aromatic carbocycles. The van der Waals surface area contributed by atoms with Crippen LogP contribution in [0, 0.1) is 11.3 Å². The standard InChI is InChI=1S/C18H36N2/c1-3-19-15-18(11-9-17(2)10-12-18)16-20-13-7-5-4-6-8-14-20/h17,19H,3-16H2,1-2H3. The average molecular weight is 280 g/mol. The van der Waals surface area contributed by atoms with Crippen molar-refractivity contribution in [3.63, 3.8) is 0 Å². The SMILES string of the molecule is CCNCC1(CN2CCCCCCC2)CCC(C)CC1. The van der Waals surface area contributed by atoms with E-state index < -0.39 is 0 Å². The fourth-order valence-corrected chi connectivity index (χ4v) is 4.10. The van der Waals surface area contributed by atoms with Crippen LogP contribution < -0.4 is 5.32 Å². The molecule has 0 aromatic rings. The Balaban J connectivity index is 1.91. The summed E-state index contributed by atoms with van der Waals surface area (Å²) in [7, 11) is 0. The van der Waals surface area contributed by atoms with Crippen LogP contribution in [0.15, 0.2) is 0 Å². The first-order chi connectivity index (χ1) is 9.74. The van der Waals surface area contributed by atoms with Crippen molar-refractivity contribution >= 4 is 0 Å². The molecule has 1 heterocycles. The highest BCUT2D eigenvalue weighted by molar-refractivity contribution is 4.89. The molecule has 0 atom stereocenters. The molecule has 20 heavy (non-hydrogen) atoms. The fourth-order valence-electron chi connectivity index (χ4n) is 4.10. The van der Waals surface area contributed by atoms with Gasteiger partial charge in [-0.1, -0.05) is 46.0 Å². The maximum atomic E-state index is 3.66. The number of nitrogens with zero attached hydrogens (tertiary/aromatic N) is 1. The molecule has 2 heteroatoms. The van der Waals surface area contributed by atoms with Gasteiger partial charge in [-0.25, -0.2) is 0 Å². The Hall–Kier alpha value is -0.0800. The van der Waals surface area contributed by atoms with Crippen molar-refractivity contribution in [2.75, 3.05) is 32.7 Å². The lowest BCUT2D eigenvalue weighted by molar-refractivity contribution is 0.0822. The van der Waals surface area contributed by atoms with Crippen molar-refractivity contribution in [2.24, 2.45) is 11.3 Å². The first-order valence-electron chi connectivity index (χ1n) is 9.17. The van der Waals surface area contributed by atoms with E-state index in [0.29, 0.717) is 5.41 Å². The Morgan fingerprint density at radius 3 is 2.20 bits per heavy atom. The van der Waals surface area contributed by atoms with E-state index in [0.717, 1.165) is 12.5 Å². The maximum absolute atomic E-state index is 3.66. The minimum Gasteiger partial charge on any atom is -0.316 e. The normalized spacial score (nSPS) is 33.6. The summed E-state index contributed by atoms with van der Waals surface area (Å²) in [5.41, 5.74) is 0.571. The molecule has 2 nitrogen and oxygen atoms in total. The lowest BCUT2D eigenvalue weighted by Gasteiger charge is -2.43. The molecular weight excluding hydrogens is 244 g/mol. The highest BCUT2D eigenvalue weighted by Gasteiger charge is 2.35. The lowest BCUT2D eigenvalue weighted by Crippen LogP contribution is -2.47. The number of hydrogen-bond donors (Lipinski definition) is 1. The summed E-state index contributed by atoms with van der Waals surface area (Å²) in [6.45, 7) is 11.1. The van der Waals surface area contributed by atoms with Gasteiger partial charge in [0.15, 0.2) is 0 Å². The lowest BCUT2D eigenvalue weighted by atomic mass is 9.70. The van der Waals surface area contributed by atoms with E-state index in [9.17, 15) is 0 Å². The van der Waals surface area contributed by atoms with Crippen LogP contribution in [0.25, 0.3) is 0 Å². The van der Waals surface area contributed by atoms with Crippen LogP contribution in [0.1, 0.15) is 71.6 Å². The van der Waals surface area contributed by atoms with E-state index >= 15 is 0 Å². The van der Waals surface area contributed by atoms with E-state index in [4.69, 9.17) is 0 Å². The fraction of sp³-hybridized carbons (Fsp3) is 1.00. The quantitative estimate of drug-likeness (QED) is 0.817. The van der Waals surface area contributed by atoms with Crippen LogP contribution in [-0.2, 0) is 0 Å². The van der Waals surface area contributed by atoms with Crippen molar-refractivity contribution in [1.29, 1.82) is 0 Å². The Bertz CT molecular complexity index is 243. The van der Waals surface area contributed by atoms with Crippen LogP contribution in [0.3, 0.4) is 0 Å². The highest BCUT2D eigenvalue weighted by Crippen LogP contribution is 2.39. The zero-order valence-electron chi connectivity index (χ0n) is 13.9. The Kier molecular flexibility index (Phi) is 6.83. The largest absolute Gasteiger partial charge is 0.316 e. The van der Waals surface area contributed by atoms with E-state index in [1.165, 1.54) is 84.0 Å². The summed E-state index contributed by atoms with van der Waals surface area (Å²) in [6.07, 6.45) is 13.0. The molecule has 0 bridgehead atoms. The molecule has 2 rings (SSSR count). The first kappa shape index (κ1) is 16.3. The van der Waals surface area contributed by atoms with Crippen molar-refractivity contribution in [1.82, 2.24) is 10.2 Å². The second-order valence-electron chi connectivity index (χ2n) is 7.51. The number of rotatable bonds is 5. The predicted octanol–water partition coefficient (Wildman–Crippen LogP) is 4.06. The molecule has 0 radical (unpaired) electrons. The molecular formula is C18H36N2. The number of hydrogen-bond acceptors (Lipinski definition) is 2. The molecule has 2 aliphatic rings. The third kappa shape index (κ3) is 5.04. The van der Waals surface area contributed by atoms with Gasteiger partial charge in [-0.15, -0.1) is 0 Å². The third-order valence-corrected chi connectivity index (χ3v) is 5.59. The van der Waals surface area contributed by atoms with Crippen molar-refractivity contribution in [3.8, 4) is 0 Å². The van der Waals surface area contributed by atoms with Crippen LogP contribution in [0.4, 0.5) is 0 Å². The molecule has 0 spiro atoms. The van der Waals surface area contributed by atoms with Crippen LogP contribution in [0.2, 0.25) is 0 Å². The summed E-state index contributed by atoms with van der Waals surface area (Å²) in [5, 5.41) is 3.66. The Morgan fingerprint density at radius 2 is 1.60 bits per heavy atom. The zero-order chi connectivity index (χ0) is 14.3. The second kappa shape index (κ2) is 8.38.